The van der Waals surface area contributed by atoms with Crippen molar-refractivity contribution in [3.63, 3.8) is 0 Å². The van der Waals surface area contributed by atoms with E-state index in [2.05, 4.69) is 25.2 Å². The van der Waals surface area contributed by atoms with Crippen LogP contribution in [0, 0.1) is 0 Å². The molecule has 2 aromatic rings. The molecule has 0 aromatic carbocycles. The summed E-state index contributed by atoms with van der Waals surface area (Å²) in [6.45, 7) is 5.00. The van der Waals surface area contributed by atoms with Gasteiger partial charge in [0.15, 0.2) is 5.16 Å². The summed E-state index contributed by atoms with van der Waals surface area (Å²) in [4.78, 5) is 40.6. The van der Waals surface area contributed by atoms with Gasteiger partial charge in [0.1, 0.15) is 11.0 Å². The zero-order chi connectivity index (χ0) is 20.6. The smallest absolute Gasteiger partial charge is 0.230 e. The highest BCUT2D eigenvalue weighted by molar-refractivity contribution is 7.99. The Morgan fingerprint density at radius 1 is 1.24 bits per heavy atom. The number of piperazine rings is 1. The number of nitrogens with zero attached hydrogens (tertiary/aromatic N) is 5. The maximum atomic E-state index is 12.1. The van der Waals surface area contributed by atoms with E-state index in [9.17, 15) is 9.59 Å². The van der Waals surface area contributed by atoms with Crippen molar-refractivity contribution in [3.8, 4) is 0 Å². The summed E-state index contributed by atoms with van der Waals surface area (Å²) >= 11 is 7.40. The molecule has 0 bridgehead atoms. The van der Waals surface area contributed by atoms with Gasteiger partial charge in [-0.05, 0) is 11.6 Å². The van der Waals surface area contributed by atoms with Crippen molar-refractivity contribution < 1.29 is 9.59 Å². The van der Waals surface area contributed by atoms with E-state index in [0.29, 0.717) is 55.3 Å². The molecule has 1 aliphatic rings. The van der Waals surface area contributed by atoms with Gasteiger partial charge < -0.3 is 15.1 Å². The van der Waals surface area contributed by atoms with E-state index in [1.54, 1.807) is 18.5 Å². The molecule has 2 amide bonds. The van der Waals surface area contributed by atoms with Gasteiger partial charge in [-0.1, -0.05) is 36.4 Å². The minimum atomic E-state index is -0.115. The highest BCUT2D eigenvalue weighted by atomic mass is 35.5. The third-order valence-corrected chi connectivity index (χ3v) is 5.51. The number of carbonyl (C=O) groups excluding carboxylic acids is 2. The molecule has 1 N–H and O–H groups in total. The SMILES string of the molecule is CCC(=O)N1CCN(c2cc(Cl)nc(SCC(=O)NCc3cccnc3)n2)CC1. The molecule has 3 heterocycles. The van der Waals surface area contributed by atoms with E-state index >= 15 is 0 Å². The van der Waals surface area contributed by atoms with Crippen molar-refractivity contribution in [1.29, 1.82) is 0 Å². The van der Waals surface area contributed by atoms with Gasteiger partial charge in [0.2, 0.25) is 11.8 Å². The molecular formula is C19H23ClN6O2S. The number of hydrogen-bond acceptors (Lipinski definition) is 7. The topological polar surface area (TPSA) is 91.3 Å². The van der Waals surface area contributed by atoms with Crippen LogP contribution in [0.1, 0.15) is 18.9 Å². The fraction of sp³-hybridized carbons (Fsp3) is 0.421. The standard InChI is InChI=1S/C19H23ClN6O2S/c1-2-18(28)26-8-6-25(7-9-26)16-10-15(20)23-19(24-16)29-13-17(27)22-12-14-4-3-5-21-11-14/h3-5,10-11H,2,6-9,12-13H2,1H3,(H,22,27). The molecule has 0 unspecified atom stereocenters. The first kappa shape index (κ1) is 21.3. The van der Waals surface area contributed by atoms with Crippen LogP contribution in [-0.4, -0.2) is 63.6 Å². The zero-order valence-corrected chi connectivity index (χ0v) is 17.7. The predicted molar refractivity (Wildman–Crippen MR) is 113 cm³/mol. The lowest BCUT2D eigenvalue weighted by Gasteiger charge is -2.35. The van der Waals surface area contributed by atoms with E-state index < -0.39 is 0 Å². The quantitative estimate of drug-likeness (QED) is 0.404. The third-order valence-electron chi connectivity index (χ3n) is 4.46. The number of halogens is 1. The lowest BCUT2D eigenvalue weighted by Crippen LogP contribution is -2.48. The zero-order valence-electron chi connectivity index (χ0n) is 16.2. The molecule has 0 aliphatic carbocycles. The van der Waals surface area contributed by atoms with E-state index in [1.807, 2.05) is 24.0 Å². The molecule has 8 nitrogen and oxygen atoms in total. The Balaban J connectivity index is 1.52. The number of amides is 2. The first-order valence-corrected chi connectivity index (χ1v) is 10.8. The van der Waals surface area contributed by atoms with E-state index in [0.717, 1.165) is 5.56 Å². The van der Waals surface area contributed by atoms with Gasteiger partial charge in [-0.3, -0.25) is 14.6 Å². The molecule has 10 heteroatoms. The van der Waals surface area contributed by atoms with Crippen LogP contribution in [0.5, 0.6) is 0 Å². The minimum absolute atomic E-state index is 0.115. The summed E-state index contributed by atoms with van der Waals surface area (Å²) in [7, 11) is 0. The Bertz CT molecular complexity index is 846. The second-order valence-corrected chi connectivity index (χ2v) is 7.81. The Labute approximate surface area is 179 Å². The Morgan fingerprint density at radius 3 is 2.72 bits per heavy atom. The molecule has 1 saturated heterocycles. The second-order valence-electron chi connectivity index (χ2n) is 6.48. The van der Waals surface area contributed by atoms with Crippen LogP contribution in [0.15, 0.2) is 35.7 Å². The summed E-state index contributed by atoms with van der Waals surface area (Å²) in [6, 6.07) is 5.45. The highest BCUT2D eigenvalue weighted by Crippen LogP contribution is 2.23. The van der Waals surface area contributed by atoms with Gasteiger partial charge in [-0.25, -0.2) is 9.97 Å². The first-order chi connectivity index (χ1) is 14.0. The predicted octanol–water partition coefficient (Wildman–Crippen LogP) is 1.99. The van der Waals surface area contributed by atoms with Crippen LogP contribution in [0.4, 0.5) is 5.82 Å². The van der Waals surface area contributed by atoms with Gasteiger partial charge in [0.25, 0.3) is 0 Å². The van der Waals surface area contributed by atoms with Crippen LogP contribution in [-0.2, 0) is 16.1 Å². The Morgan fingerprint density at radius 2 is 2.03 bits per heavy atom. The first-order valence-electron chi connectivity index (χ1n) is 9.41. The van der Waals surface area contributed by atoms with Crippen molar-refractivity contribution in [3.05, 3.63) is 41.3 Å². The van der Waals surface area contributed by atoms with Crippen LogP contribution in [0.3, 0.4) is 0 Å². The number of nitrogens with one attached hydrogen (secondary N) is 1. The minimum Gasteiger partial charge on any atom is -0.353 e. The van der Waals surface area contributed by atoms with Gasteiger partial charge in [0.05, 0.1) is 5.75 Å². The molecule has 1 fully saturated rings. The fourth-order valence-corrected chi connectivity index (χ4v) is 3.82. The maximum Gasteiger partial charge on any atom is 0.230 e. The van der Waals surface area contributed by atoms with Crippen molar-refractivity contribution in [2.45, 2.75) is 25.0 Å². The van der Waals surface area contributed by atoms with Crippen LogP contribution in [0.2, 0.25) is 5.15 Å². The second kappa shape index (κ2) is 10.4. The number of pyridine rings is 1. The summed E-state index contributed by atoms with van der Waals surface area (Å²) in [6.07, 6.45) is 3.92. The van der Waals surface area contributed by atoms with E-state index in [-0.39, 0.29) is 17.6 Å². The van der Waals surface area contributed by atoms with Crippen molar-refractivity contribution in [1.82, 2.24) is 25.2 Å². The van der Waals surface area contributed by atoms with E-state index in [1.165, 1.54) is 11.8 Å². The van der Waals surface area contributed by atoms with Crippen molar-refractivity contribution >= 4 is 41.0 Å². The summed E-state index contributed by atoms with van der Waals surface area (Å²) in [5.74, 6) is 0.959. The molecule has 0 atom stereocenters. The molecule has 0 radical (unpaired) electrons. The normalized spacial score (nSPS) is 14.0. The number of anilines is 1. The van der Waals surface area contributed by atoms with Crippen molar-refractivity contribution in [2.24, 2.45) is 0 Å². The Hall–Kier alpha value is -2.39. The number of aromatic nitrogens is 3. The maximum absolute atomic E-state index is 12.1. The molecule has 0 spiro atoms. The molecule has 0 saturated carbocycles. The number of carbonyl (C=O) groups is 2. The summed E-state index contributed by atoms with van der Waals surface area (Å²) in [5.41, 5.74) is 0.938. The number of hydrogen-bond donors (Lipinski definition) is 1. The summed E-state index contributed by atoms with van der Waals surface area (Å²) in [5, 5.41) is 3.63. The largest absolute Gasteiger partial charge is 0.353 e. The lowest BCUT2D eigenvalue weighted by atomic mass is 10.3. The van der Waals surface area contributed by atoms with Crippen molar-refractivity contribution in [2.75, 3.05) is 36.8 Å². The van der Waals surface area contributed by atoms with Crippen LogP contribution >= 0.6 is 23.4 Å². The fourth-order valence-electron chi connectivity index (χ4n) is 2.91. The molecule has 1 aliphatic heterocycles. The van der Waals surface area contributed by atoms with Gasteiger partial charge in [-0.15, -0.1) is 0 Å². The van der Waals surface area contributed by atoms with Crippen LogP contribution in [0.25, 0.3) is 0 Å². The van der Waals surface area contributed by atoms with Gasteiger partial charge >= 0.3 is 0 Å². The van der Waals surface area contributed by atoms with Crippen LogP contribution < -0.4 is 10.2 Å². The molecule has 2 aromatic heterocycles. The van der Waals surface area contributed by atoms with Gasteiger partial charge in [0, 0.05) is 57.6 Å². The average molecular weight is 435 g/mol. The lowest BCUT2D eigenvalue weighted by molar-refractivity contribution is -0.131. The monoisotopic (exact) mass is 434 g/mol. The Kier molecular flexibility index (Phi) is 7.65. The third kappa shape index (κ3) is 6.30. The molecule has 154 valence electrons. The van der Waals surface area contributed by atoms with Gasteiger partial charge in [-0.2, -0.15) is 0 Å². The number of rotatable bonds is 7. The molecule has 29 heavy (non-hydrogen) atoms. The van der Waals surface area contributed by atoms with E-state index in [4.69, 9.17) is 11.6 Å². The molecule has 3 rings (SSSR count). The highest BCUT2D eigenvalue weighted by Gasteiger charge is 2.21. The summed E-state index contributed by atoms with van der Waals surface area (Å²) < 4.78 is 0. The average Bonchev–Trinajstić information content (AvgIpc) is 2.76. The number of thioether (sulfide) groups is 1. The molecular weight excluding hydrogens is 412 g/mol.